The van der Waals surface area contributed by atoms with Crippen molar-refractivity contribution in [1.82, 2.24) is 9.55 Å². The number of H-pyrrole nitrogens is 1. The number of carboxylic acids is 1. The van der Waals surface area contributed by atoms with Gasteiger partial charge in [-0.2, -0.15) is 0 Å². The molecular weight excluding hydrogens is 344 g/mol. The fourth-order valence-electron chi connectivity index (χ4n) is 2.04. The van der Waals surface area contributed by atoms with Gasteiger partial charge in [-0.3, -0.25) is 4.57 Å². The van der Waals surface area contributed by atoms with Gasteiger partial charge in [0.05, 0.1) is 26.9 Å². The molecule has 2 heterocycles. The Balaban J connectivity index is 2.13. The first kappa shape index (κ1) is 13.1. The summed E-state index contributed by atoms with van der Waals surface area (Å²) in [6, 6.07) is 8.45. The van der Waals surface area contributed by atoms with Gasteiger partial charge in [-0.15, -0.1) is 11.3 Å². The number of aromatic carboxylic acids is 1. The van der Waals surface area contributed by atoms with Crippen LogP contribution in [0.25, 0.3) is 11.0 Å². The lowest BCUT2D eigenvalue weighted by Gasteiger charge is -2.02. The van der Waals surface area contributed by atoms with Gasteiger partial charge < -0.3 is 10.1 Å². The van der Waals surface area contributed by atoms with Crippen LogP contribution in [0.3, 0.4) is 0 Å². The maximum absolute atomic E-state index is 12.0. The summed E-state index contributed by atoms with van der Waals surface area (Å²) in [5, 5.41) is 9.03. The van der Waals surface area contributed by atoms with Crippen LogP contribution in [0.15, 0.2) is 38.9 Å². The Kier molecular flexibility index (Phi) is 3.23. The molecule has 2 aromatic heterocycles. The summed E-state index contributed by atoms with van der Waals surface area (Å²) in [5.74, 6) is -1.01. The molecule has 0 aliphatic carbocycles. The van der Waals surface area contributed by atoms with E-state index in [9.17, 15) is 9.59 Å². The van der Waals surface area contributed by atoms with Gasteiger partial charge >= 0.3 is 11.7 Å². The minimum absolute atomic E-state index is 0.164. The van der Waals surface area contributed by atoms with Gasteiger partial charge in [0.2, 0.25) is 0 Å². The third-order valence-corrected chi connectivity index (χ3v) is 4.57. The lowest BCUT2D eigenvalue weighted by Crippen LogP contribution is -2.16. The first-order valence-corrected chi connectivity index (χ1v) is 7.35. The van der Waals surface area contributed by atoms with E-state index in [2.05, 4.69) is 20.9 Å². The summed E-state index contributed by atoms with van der Waals surface area (Å²) in [6.45, 7) is 0.415. The van der Waals surface area contributed by atoms with Gasteiger partial charge in [0.25, 0.3) is 0 Å². The number of fused-ring (bicyclic) bond motifs is 1. The normalized spacial score (nSPS) is 11.1. The second-order valence-electron chi connectivity index (χ2n) is 4.26. The molecule has 0 bridgehead atoms. The molecule has 0 spiro atoms. The lowest BCUT2D eigenvalue weighted by molar-refractivity contribution is 0.0697. The van der Waals surface area contributed by atoms with E-state index in [1.54, 1.807) is 22.0 Å². The van der Waals surface area contributed by atoms with Gasteiger partial charge in [-0.1, -0.05) is 0 Å². The van der Waals surface area contributed by atoms with Crippen LogP contribution in [0.2, 0.25) is 0 Å². The first-order chi connectivity index (χ1) is 9.54. The molecule has 0 aliphatic heterocycles. The number of imidazole rings is 1. The van der Waals surface area contributed by atoms with Gasteiger partial charge in [0, 0.05) is 4.88 Å². The second-order valence-corrected chi connectivity index (χ2v) is 6.81. The SMILES string of the molecule is O=C(O)c1ccc2[nH]c(=O)n(Cc3ccc(Br)s3)c2c1. The predicted molar refractivity (Wildman–Crippen MR) is 80.6 cm³/mol. The van der Waals surface area contributed by atoms with Gasteiger partial charge in [-0.05, 0) is 46.3 Å². The summed E-state index contributed by atoms with van der Waals surface area (Å²) >= 11 is 4.92. The van der Waals surface area contributed by atoms with Crippen LogP contribution in [-0.2, 0) is 6.54 Å². The molecule has 0 unspecified atom stereocenters. The van der Waals surface area contributed by atoms with E-state index in [0.29, 0.717) is 17.6 Å². The number of rotatable bonds is 3. The molecule has 0 saturated heterocycles. The van der Waals surface area contributed by atoms with E-state index < -0.39 is 5.97 Å². The maximum Gasteiger partial charge on any atom is 0.335 e. The third-order valence-electron chi connectivity index (χ3n) is 2.97. The zero-order valence-electron chi connectivity index (χ0n) is 10.1. The topological polar surface area (TPSA) is 75.1 Å². The highest BCUT2D eigenvalue weighted by Crippen LogP contribution is 2.23. The van der Waals surface area contributed by atoms with Crippen molar-refractivity contribution in [2.24, 2.45) is 0 Å². The second kappa shape index (κ2) is 4.92. The number of thiophene rings is 1. The van der Waals surface area contributed by atoms with Crippen molar-refractivity contribution >= 4 is 44.3 Å². The number of aromatic amines is 1. The molecule has 0 fully saturated rings. The minimum Gasteiger partial charge on any atom is -0.478 e. The number of aromatic nitrogens is 2. The third kappa shape index (κ3) is 2.30. The molecule has 3 aromatic rings. The van der Waals surface area contributed by atoms with Crippen molar-refractivity contribution < 1.29 is 9.90 Å². The lowest BCUT2D eigenvalue weighted by atomic mass is 10.2. The largest absolute Gasteiger partial charge is 0.478 e. The standard InChI is InChI=1S/C13H9BrN2O3S/c14-11-4-2-8(20-11)6-16-10-5-7(12(17)18)1-3-9(10)15-13(16)19/h1-5H,6H2,(H,15,19)(H,17,18). The van der Waals surface area contributed by atoms with Crippen LogP contribution in [0.5, 0.6) is 0 Å². The Bertz CT molecular complexity index is 862. The van der Waals surface area contributed by atoms with Crippen LogP contribution in [0, 0.1) is 0 Å². The van der Waals surface area contributed by atoms with E-state index in [1.807, 2.05) is 12.1 Å². The summed E-state index contributed by atoms with van der Waals surface area (Å²) < 4.78 is 2.53. The number of nitrogens with one attached hydrogen (secondary N) is 1. The van der Waals surface area contributed by atoms with Crippen molar-refractivity contribution in [1.29, 1.82) is 0 Å². The van der Waals surface area contributed by atoms with Gasteiger partial charge in [0.15, 0.2) is 0 Å². The maximum atomic E-state index is 12.0. The highest BCUT2D eigenvalue weighted by atomic mass is 79.9. The number of hydrogen-bond acceptors (Lipinski definition) is 3. The summed E-state index contributed by atoms with van der Waals surface area (Å²) in [6.07, 6.45) is 0. The Morgan fingerprint density at radius 1 is 1.35 bits per heavy atom. The summed E-state index contributed by atoms with van der Waals surface area (Å²) in [5.41, 5.74) is 1.15. The van der Waals surface area contributed by atoms with Crippen molar-refractivity contribution in [2.45, 2.75) is 6.54 Å². The van der Waals surface area contributed by atoms with E-state index >= 15 is 0 Å². The van der Waals surface area contributed by atoms with Crippen molar-refractivity contribution in [2.75, 3.05) is 0 Å². The Morgan fingerprint density at radius 3 is 2.80 bits per heavy atom. The highest BCUT2D eigenvalue weighted by molar-refractivity contribution is 9.11. The fraction of sp³-hybridized carbons (Fsp3) is 0.0769. The number of halogens is 1. The summed E-state index contributed by atoms with van der Waals surface area (Å²) in [4.78, 5) is 26.7. The average Bonchev–Trinajstić information content (AvgIpc) is 2.94. The zero-order chi connectivity index (χ0) is 14.3. The molecule has 0 saturated carbocycles. The number of benzene rings is 1. The van der Waals surface area contributed by atoms with Crippen LogP contribution < -0.4 is 5.69 Å². The van der Waals surface area contributed by atoms with Gasteiger partial charge in [-0.25, -0.2) is 9.59 Å². The quantitative estimate of drug-likeness (QED) is 0.760. The monoisotopic (exact) mass is 352 g/mol. The molecule has 0 aliphatic rings. The Hall–Kier alpha value is -1.86. The number of hydrogen-bond donors (Lipinski definition) is 2. The van der Waals surface area contributed by atoms with Crippen molar-refractivity contribution in [3.05, 3.63) is 55.0 Å². The number of nitrogens with zero attached hydrogens (tertiary/aromatic N) is 1. The van der Waals surface area contributed by atoms with Crippen LogP contribution in [-0.4, -0.2) is 20.6 Å². The molecule has 102 valence electrons. The highest BCUT2D eigenvalue weighted by Gasteiger charge is 2.11. The Labute approximate surface area is 125 Å². The number of carbonyl (C=O) groups is 1. The molecular formula is C13H9BrN2O3S. The predicted octanol–water partition coefficient (Wildman–Crippen LogP) is 2.90. The molecule has 2 N–H and O–H groups in total. The van der Waals surface area contributed by atoms with E-state index in [-0.39, 0.29) is 11.3 Å². The molecule has 0 amide bonds. The molecule has 1 aromatic carbocycles. The molecule has 7 heteroatoms. The van der Waals surface area contributed by atoms with Crippen LogP contribution in [0.4, 0.5) is 0 Å². The van der Waals surface area contributed by atoms with E-state index in [0.717, 1.165) is 8.66 Å². The zero-order valence-corrected chi connectivity index (χ0v) is 12.5. The number of carboxylic acid groups (broad SMARTS) is 1. The van der Waals surface area contributed by atoms with Crippen LogP contribution >= 0.6 is 27.3 Å². The summed E-state index contributed by atoms with van der Waals surface area (Å²) in [7, 11) is 0. The molecule has 0 atom stereocenters. The molecule has 0 radical (unpaired) electrons. The minimum atomic E-state index is -1.01. The smallest absolute Gasteiger partial charge is 0.335 e. The molecule has 5 nitrogen and oxygen atoms in total. The molecule has 20 heavy (non-hydrogen) atoms. The van der Waals surface area contributed by atoms with E-state index in [4.69, 9.17) is 5.11 Å². The van der Waals surface area contributed by atoms with E-state index in [1.165, 1.54) is 12.1 Å². The molecule has 3 rings (SSSR count). The van der Waals surface area contributed by atoms with Crippen molar-refractivity contribution in [3.8, 4) is 0 Å². The average molecular weight is 353 g/mol. The Morgan fingerprint density at radius 2 is 2.15 bits per heavy atom. The first-order valence-electron chi connectivity index (χ1n) is 5.74. The van der Waals surface area contributed by atoms with Crippen LogP contribution in [0.1, 0.15) is 15.2 Å². The van der Waals surface area contributed by atoms with Gasteiger partial charge in [0.1, 0.15) is 0 Å². The van der Waals surface area contributed by atoms with Crippen molar-refractivity contribution in [3.63, 3.8) is 0 Å². The fourth-order valence-corrected chi connectivity index (χ4v) is 3.51.